The number of nitrogens with zero attached hydrogens (tertiary/aromatic N) is 1. The maximum absolute atomic E-state index is 12.5. The van der Waals surface area contributed by atoms with E-state index in [9.17, 15) is 19.5 Å². The fourth-order valence-electron chi connectivity index (χ4n) is 6.33. The van der Waals surface area contributed by atoms with E-state index in [0.717, 1.165) is 41.9 Å². The van der Waals surface area contributed by atoms with Crippen LogP contribution >= 0.6 is 0 Å². The number of rotatable bonds is 4. The number of carbonyl (C=O) groups excluding carboxylic acids is 3. The molecule has 4 aliphatic carbocycles. The summed E-state index contributed by atoms with van der Waals surface area (Å²) in [6, 6.07) is 0. The molecule has 1 aliphatic heterocycles. The molecule has 136 valence electrons. The molecule has 1 heterocycles. The van der Waals surface area contributed by atoms with Crippen molar-refractivity contribution >= 4 is 17.6 Å². The van der Waals surface area contributed by atoms with Crippen LogP contribution in [-0.2, 0) is 14.4 Å². The van der Waals surface area contributed by atoms with Gasteiger partial charge in [0.15, 0.2) is 5.78 Å². The van der Waals surface area contributed by atoms with Crippen molar-refractivity contribution < 1.29 is 19.5 Å². The third-order valence-corrected chi connectivity index (χ3v) is 6.80. The number of carbonyl (C=O) groups is 3. The van der Waals surface area contributed by atoms with E-state index < -0.39 is 11.7 Å². The van der Waals surface area contributed by atoms with Gasteiger partial charge in [0, 0.05) is 12.8 Å². The number of aliphatic hydroxyl groups is 1. The first-order chi connectivity index (χ1) is 11.9. The molecule has 5 heteroatoms. The van der Waals surface area contributed by atoms with Gasteiger partial charge in [0.1, 0.15) is 11.3 Å². The molecule has 5 fully saturated rings. The number of Topliss-reactive ketones (excluding diaryl/α,β-unsaturated/α-hetero) is 1. The smallest absolute Gasteiger partial charge is 0.268 e. The van der Waals surface area contributed by atoms with Gasteiger partial charge in [0.05, 0.1) is 6.54 Å². The summed E-state index contributed by atoms with van der Waals surface area (Å²) < 4.78 is 0. The Morgan fingerprint density at radius 2 is 1.68 bits per heavy atom. The van der Waals surface area contributed by atoms with Gasteiger partial charge < -0.3 is 5.11 Å². The van der Waals surface area contributed by atoms with Crippen LogP contribution in [0.5, 0.6) is 0 Å². The molecule has 0 aromatic rings. The summed E-state index contributed by atoms with van der Waals surface area (Å²) in [7, 11) is 0. The zero-order chi connectivity index (χ0) is 17.8. The maximum Gasteiger partial charge on any atom is 0.268 e. The molecular formula is C20H27NO4. The highest BCUT2D eigenvalue weighted by Gasteiger charge is 2.52. The van der Waals surface area contributed by atoms with Crippen molar-refractivity contribution in [2.24, 2.45) is 23.2 Å². The third kappa shape index (κ3) is 2.81. The quantitative estimate of drug-likeness (QED) is 0.482. The second kappa shape index (κ2) is 5.96. The average Bonchev–Trinajstić information content (AvgIpc) is 2.80. The number of likely N-dealkylation sites (tertiary alicyclic amines) is 1. The zero-order valence-corrected chi connectivity index (χ0v) is 14.9. The van der Waals surface area contributed by atoms with Crippen molar-refractivity contribution in [1.82, 2.24) is 4.90 Å². The van der Waals surface area contributed by atoms with E-state index in [2.05, 4.69) is 0 Å². The zero-order valence-electron chi connectivity index (χ0n) is 14.9. The molecule has 0 aromatic carbocycles. The highest BCUT2D eigenvalue weighted by Crippen LogP contribution is 2.62. The Kier molecular flexibility index (Phi) is 4.00. The lowest BCUT2D eigenvalue weighted by atomic mass is 9.48. The molecule has 5 rings (SSSR count). The van der Waals surface area contributed by atoms with Crippen LogP contribution in [0.3, 0.4) is 0 Å². The molecule has 4 bridgehead atoms. The van der Waals surface area contributed by atoms with Gasteiger partial charge in [-0.25, -0.2) is 0 Å². The van der Waals surface area contributed by atoms with E-state index in [4.69, 9.17) is 0 Å². The lowest BCUT2D eigenvalue weighted by molar-refractivity contribution is -0.141. The number of hydrogen-bond acceptors (Lipinski definition) is 4. The van der Waals surface area contributed by atoms with Crippen LogP contribution in [0.4, 0.5) is 0 Å². The highest BCUT2D eigenvalue weighted by atomic mass is 16.3. The molecule has 0 spiro atoms. The van der Waals surface area contributed by atoms with Gasteiger partial charge in [0.2, 0.25) is 5.91 Å². The van der Waals surface area contributed by atoms with Crippen LogP contribution in [0, 0.1) is 23.2 Å². The second-order valence-corrected chi connectivity index (χ2v) is 8.87. The Hall–Kier alpha value is -1.65. The molecule has 1 saturated heterocycles. The fourth-order valence-corrected chi connectivity index (χ4v) is 6.33. The Morgan fingerprint density at radius 3 is 2.20 bits per heavy atom. The van der Waals surface area contributed by atoms with Crippen LogP contribution in [0.15, 0.2) is 11.3 Å². The highest BCUT2D eigenvalue weighted by molar-refractivity contribution is 6.29. The number of amides is 2. The fraction of sp³-hybridized carbons (Fsp3) is 0.750. The van der Waals surface area contributed by atoms with Crippen molar-refractivity contribution in [2.45, 2.75) is 64.7 Å². The summed E-state index contributed by atoms with van der Waals surface area (Å²) in [6.45, 7) is 1.65. The van der Waals surface area contributed by atoms with Gasteiger partial charge in [-0.1, -0.05) is 6.92 Å². The second-order valence-electron chi connectivity index (χ2n) is 8.87. The lowest BCUT2D eigenvalue weighted by Crippen LogP contribution is -2.46. The molecule has 5 nitrogen and oxygen atoms in total. The number of allylic oxidation sites excluding steroid dienone is 1. The van der Waals surface area contributed by atoms with Gasteiger partial charge in [-0.2, -0.15) is 0 Å². The first-order valence-electron chi connectivity index (χ1n) is 9.71. The van der Waals surface area contributed by atoms with Crippen molar-refractivity contribution in [3.8, 4) is 0 Å². The normalized spacial score (nSPS) is 38.6. The van der Waals surface area contributed by atoms with Crippen LogP contribution in [0.1, 0.15) is 64.7 Å². The minimum absolute atomic E-state index is 0.0627. The van der Waals surface area contributed by atoms with Gasteiger partial charge in [-0.3, -0.25) is 19.3 Å². The van der Waals surface area contributed by atoms with Crippen molar-refractivity contribution in [3.63, 3.8) is 0 Å². The molecule has 0 unspecified atom stereocenters. The molecule has 1 N–H and O–H groups in total. The van der Waals surface area contributed by atoms with Crippen LogP contribution in [-0.4, -0.2) is 34.1 Å². The van der Waals surface area contributed by atoms with Gasteiger partial charge >= 0.3 is 0 Å². The van der Waals surface area contributed by atoms with Crippen molar-refractivity contribution in [3.05, 3.63) is 11.3 Å². The molecule has 0 radical (unpaired) electrons. The SMILES string of the molecule is CCCC(=O)N1CC(=O)/C(=C(/O)CC23CC4CC(CC(C4)C2)C3)C1=O. The number of imide groups is 1. The molecule has 0 atom stereocenters. The van der Waals surface area contributed by atoms with Crippen molar-refractivity contribution in [2.75, 3.05) is 6.54 Å². The standard InChI is InChI=1S/C20H27NO4/c1-2-3-17(24)21-11-16(23)18(19(21)25)15(22)10-20-7-12-4-13(8-20)6-14(5-12)9-20/h12-14,22H,2-11H2,1H3/b18-15-. The topological polar surface area (TPSA) is 74.7 Å². The molecular weight excluding hydrogens is 318 g/mol. The van der Waals surface area contributed by atoms with Gasteiger partial charge in [-0.05, 0) is 68.1 Å². The van der Waals surface area contributed by atoms with E-state index in [1.807, 2.05) is 6.92 Å². The first kappa shape index (κ1) is 16.8. The lowest BCUT2D eigenvalue weighted by Gasteiger charge is -2.57. The summed E-state index contributed by atoms with van der Waals surface area (Å²) in [5, 5.41) is 10.7. The summed E-state index contributed by atoms with van der Waals surface area (Å²) in [5.41, 5.74) is -0.0621. The Balaban J connectivity index is 1.55. The monoisotopic (exact) mass is 345 g/mol. The van der Waals surface area contributed by atoms with Gasteiger partial charge in [-0.15, -0.1) is 0 Å². The average molecular weight is 345 g/mol. The molecule has 2 amide bonds. The summed E-state index contributed by atoms with van der Waals surface area (Å²) in [5.74, 6) is 0.870. The Labute approximate surface area is 148 Å². The Bertz CT molecular complexity index is 627. The summed E-state index contributed by atoms with van der Waals surface area (Å²) in [6.07, 6.45) is 8.58. The van der Waals surface area contributed by atoms with Crippen LogP contribution in [0.25, 0.3) is 0 Å². The van der Waals surface area contributed by atoms with Crippen LogP contribution < -0.4 is 0 Å². The van der Waals surface area contributed by atoms with E-state index in [0.29, 0.717) is 12.8 Å². The predicted octanol–water partition coefficient (Wildman–Crippen LogP) is 3.14. The number of aliphatic hydroxyl groups excluding tert-OH is 1. The molecule has 4 saturated carbocycles. The molecule has 25 heavy (non-hydrogen) atoms. The minimum Gasteiger partial charge on any atom is -0.511 e. The van der Waals surface area contributed by atoms with Crippen LogP contribution in [0.2, 0.25) is 0 Å². The summed E-state index contributed by atoms with van der Waals surface area (Å²) >= 11 is 0. The van der Waals surface area contributed by atoms with Gasteiger partial charge in [0.25, 0.3) is 5.91 Å². The largest absolute Gasteiger partial charge is 0.511 e. The molecule has 0 aromatic heterocycles. The minimum atomic E-state index is -0.592. The third-order valence-electron chi connectivity index (χ3n) is 6.80. The summed E-state index contributed by atoms with van der Waals surface area (Å²) in [4.78, 5) is 37.9. The van der Waals surface area contributed by atoms with E-state index in [1.165, 1.54) is 19.3 Å². The maximum atomic E-state index is 12.5. The van der Waals surface area contributed by atoms with E-state index in [1.54, 1.807) is 0 Å². The first-order valence-corrected chi connectivity index (χ1v) is 9.71. The predicted molar refractivity (Wildman–Crippen MR) is 91.5 cm³/mol. The van der Waals surface area contributed by atoms with Crippen molar-refractivity contribution in [1.29, 1.82) is 0 Å². The van der Waals surface area contributed by atoms with E-state index in [-0.39, 0.29) is 35.6 Å². The Morgan fingerprint density at radius 1 is 1.12 bits per heavy atom. The van der Waals surface area contributed by atoms with E-state index >= 15 is 0 Å². The molecule has 5 aliphatic rings. The number of ketones is 1. The number of hydrogen-bond donors (Lipinski definition) is 1.